The fourth-order valence-electron chi connectivity index (χ4n) is 2.48. The van der Waals surface area contributed by atoms with Gasteiger partial charge in [0.1, 0.15) is 17.3 Å². The van der Waals surface area contributed by atoms with Gasteiger partial charge in [-0.05, 0) is 24.3 Å². The van der Waals surface area contributed by atoms with Gasteiger partial charge in [0.25, 0.3) is 0 Å². The highest BCUT2D eigenvalue weighted by Crippen LogP contribution is 2.29. The van der Waals surface area contributed by atoms with E-state index in [1.807, 2.05) is 24.3 Å². The quantitative estimate of drug-likeness (QED) is 0.730. The van der Waals surface area contributed by atoms with Crippen molar-refractivity contribution >= 4 is 22.6 Å². The van der Waals surface area contributed by atoms with Gasteiger partial charge in [-0.15, -0.1) is 0 Å². The molecule has 0 aliphatic rings. The van der Waals surface area contributed by atoms with Gasteiger partial charge >= 0.3 is 0 Å². The van der Waals surface area contributed by atoms with Gasteiger partial charge in [-0.2, -0.15) is 0 Å². The van der Waals surface area contributed by atoms with Crippen molar-refractivity contribution in [3.05, 3.63) is 48.3 Å². The molecule has 3 aromatic rings. The second-order valence-corrected chi connectivity index (χ2v) is 5.32. The first-order valence-corrected chi connectivity index (χ1v) is 7.65. The van der Waals surface area contributed by atoms with E-state index in [1.54, 1.807) is 32.4 Å². The van der Waals surface area contributed by atoms with Gasteiger partial charge in [-0.25, -0.2) is 4.98 Å². The van der Waals surface area contributed by atoms with Crippen LogP contribution in [0.5, 0.6) is 11.5 Å². The largest absolute Gasteiger partial charge is 0.497 e. The average Bonchev–Trinajstić information content (AvgIpc) is 3.03. The molecule has 0 atom stereocenters. The van der Waals surface area contributed by atoms with Crippen LogP contribution < -0.4 is 14.8 Å². The summed E-state index contributed by atoms with van der Waals surface area (Å²) in [5.41, 5.74) is 2.47. The summed E-state index contributed by atoms with van der Waals surface area (Å²) in [4.78, 5) is 19.9. The molecule has 0 aliphatic heterocycles. The number of carbonyl (C=O) groups is 1. The zero-order chi connectivity index (χ0) is 16.9. The molecule has 6 heteroatoms. The minimum atomic E-state index is -0.109. The molecule has 0 saturated heterocycles. The zero-order valence-electron chi connectivity index (χ0n) is 13.6. The number of aromatic amines is 1. The number of H-pyrrole nitrogens is 1. The van der Waals surface area contributed by atoms with Crippen molar-refractivity contribution in [3.63, 3.8) is 0 Å². The molecule has 0 fully saturated rings. The minimum Gasteiger partial charge on any atom is -0.497 e. The molecule has 2 aromatic carbocycles. The van der Waals surface area contributed by atoms with Crippen LogP contribution in [0, 0.1) is 0 Å². The van der Waals surface area contributed by atoms with Crippen molar-refractivity contribution < 1.29 is 14.3 Å². The Bertz CT molecular complexity index is 825. The molecule has 0 saturated carbocycles. The van der Waals surface area contributed by atoms with Crippen molar-refractivity contribution in [2.75, 3.05) is 19.5 Å². The summed E-state index contributed by atoms with van der Waals surface area (Å²) >= 11 is 0. The van der Waals surface area contributed by atoms with Crippen LogP contribution in [0.2, 0.25) is 0 Å². The van der Waals surface area contributed by atoms with Crippen molar-refractivity contribution in [2.24, 2.45) is 0 Å². The number of para-hydroxylation sites is 2. The molecule has 0 radical (unpaired) electrons. The highest BCUT2D eigenvalue weighted by molar-refractivity contribution is 5.92. The molecule has 3 rings (SSSR count). The molecule has 0 bridgehead atoms. The smallest absolute Gasteiger partial charge is 0.224 e. The monoisotopic (exact) mass is 325 g/mol. The molecule has 124 valence electrons. The maximum Gasteiger partial charge on any atom is 0.224 e. The SMILES string of the molecule is COc1ccc(OC)c(NC(=O)CCc2nc3ccccc3[nH]2)c1. The van der Waals surface area contributed by atoms with Crippen LogP contribution in [0.1, 0.15) is 12.2 Å². The van der Waals surface area contributed by atoms with E-state index < -0.39 is 0 Å². The Balaban J connectivity index is 1.65. The summed E-state index contributed by atoms with van der Waals surface area (Å²) in [6, 6.07) is 13.1. The number of nitrogens with one attached hydrogen (secondary N) is 2. The lowest BCUT2D eigenvalue weighted by Gasteiger charge is -2.11. The van der Waals surface area contributed by atoms with Crippen molar-refractivity contribution in [1.82, 2.24) is 9.97 Å². The highest BCUT2D eigenvalue weighted by Gasteiger charge is 2.10. The first-order chi connectivity index (χ1) is 11.7. The Kier molecular flexibility index (Phi) is 4.65. The molecule has 1 heterocycles. The molecule has 6 nitrogen and oxygen atoms in total. The standard InChI is InChI=1S/C18H19N3O3/c1-23-12-7-8-16(24-2)15(11-12)21-18(22)10-9-17-19-13-5-3-4-6-14(13)20-17/h3-8,11H,9-10H2,1-2H3,(H,19,20)(H,21,22). The van der Waals surface area contributed by atoms with Crippen LogP contribution >= 0.6 is 0 Å². The molecule has 0 aliphatic carbocycles. The Morgan fingerprint density at radius 2 is 2.00 bits per heavy atom. The van der Waals surface area contributed by atoms with Gasteiger partial charge in [0.05, 0.1) is 30.9 Å². The van der Waals surface area contributed by atoms with Crippen LogP contribution in [0.3, 0.4) is 0 Å². The van der Waals surface area contributed by atoms with Gasteiger partial charge in [-0.1, -0.05) is 12.1 Å². The van der Waals surface area contributed by atoms with E-state index in [-0.39, 0.29) is 5.91 Å². The van der Waals surface area contributed by atoms with Crippen LogP contribution in [0.25, 0.3) is 11.0 Å². The number of aryl methyl sites for hydroxylation is 1. The Hall–Kier alpha value is -3.02. The second kappa shape index (κ2) is 7.04. The predicted molar refractivity (Wildman–Crippen MR) is 92.6 cm³/mol. The predicted octanol–water partition coefficient (Wildman–Crippen LogP) is 3.15. The lowest BCUT2D eigenvalue weighted by Crippen LogP contribution is -2.13. The molecule has 2 N–H and O–H groups in total. The Labute approximate surface area is 139 Å². The van der Waals surface area contributed by atoms with E-state index in [0.717, 1.165) is 16.9 Å². The third-order valence-corrected chi connectivity index (χ3v) is 3.71. The number of anilines is 1. The first kappa shape index (κ1) is 15.9. The zero-order valence-corrected chi connectivity index (χ0v) is 13.6. The van der Waals surface area contributed by atoms with E-state index in [0.29, 0.717) is 30.0 Å². The van der Waals surface area contributed by atoms with Crippen molar-refractivity contribution in [2.45, 2.75) is 12.8 Å². The number of aromatic nitrogens is 2. The number of hydrogen-bond acceptors (Lipinski definition) is 4. The maximum atomic E-state index is 12.2. The number of methoxy groups -OCH3 is 2. The van der Waals surface area contributed by atoms with E-state index >= 15 is 0 Å². The van der Waals surface area contributed by atoms with Crippen molar-refractivity contribution in [1.29, 1.82) is 0 Å². The third kappa shape index (κ3) is 3.48. The number of nitrogens with zero attached hydrogens (tertiary/aromatic N) is 1. The maximum absolute atomic E-state index is 12.2. The van der Waals surface area contributed by atoms with Gasteiger partial charge in [0, 0.05) is 18.9 Å². The second-order valence-electron chi connectivity index (χ2n) is 5.32. The van der Waals surface area contributed by atoms with Gasteiger partial charge in [0.2, 0.25) is 5.91 Å². The third-order valence-electron chi connectivity index (χ3n) is 3.71. The summed E-state index contributed by atoms with van der Waals surface area (Å²) in [6.07, 6.45) is 0.854. The normalized spacial score (nSPS) is 10.6. The van der Waals surface area contributed by atoms with Crippen LogP contribution in [0.15, 0.2) is 42.5 Å². The molecule has 0 spiro atoms. The molecule has 1 amide bonds. The minimum absolute atomic E-state index is 0.109. The number of carbonyl (C=O) groups excluding carboxylic acids is 1. The van der Waals surface area contributed by atoms with Gasteiger partial charge in [-0.3, -0.25) is 4.79 Å². The Morgan fingerprint density at radius 3 is 2.75 bits per heavy atom. The summed E-state index contributed by atoms with van der Waals surface area (Å²) in [5, 5.41) is 2.85. The lowest BCUT2D eigenvalue weighted by atomic mass is 10.2. The lowest BCUT2D eigenvalue weighted by molar-refractivity contribution is -0.116. The fourth-order valence-corrected chi connectivity index (χ4v) is 2.48. The molecular formula is C18H19N3O3. The topological polar surface area (TPSA) is 76.2 Å². The summed E-state index contributed by atoms with van der Waals surface area (Å²) in [7, 11) is 3.14. The van der Waals surface area contributed by atoms with E-state index in [4.69, 9.17) is 9.47 Å². The van der Waals surface area contributed by atoms with E-state index in [2.05, 4.69) is 15.3 Å². The Morgan fingerprint density at radius 1 is 1.17 bits per heavy atom. The van der Waals surface area contributed by atoms with Gasteiger partial charge in [0.15, 0.2) is 0 Å². The summed E-state index contributed by atoms with van der Waals surface area (Å²) in [5.74, 6) is 1.93. The molecular weight excluding hydrogens is 306 g/mol. The number of rotatable bonds is 6. The highest BCUT2D eigenvalue weighted by atomic mass is 16.5. The van der Waals surface area contributed by atoms with Gasteiger partial charge < -0.3 is 19.8 Å². The van der Waals surface area contributed by atoms with E-state index in [9.17, 15) is 4.79 Å². The number of imidazole rings is 1. The van der Waals surface area contributed by atoms with Crippen LogP contribution in [0.4, 0.5) is 5.69 Å². The van der Waals surface area contributed by atoms with Crippen LogP contribution in [-0.4, -0.2) is 30.1 Å². The molecule has 1 aromatic heterocycles. The number of fused-ring (bicyclic) bond motifs is 1. The first-order valence-electron chi connectivity index (χ1n) is 7.65. The number of ether oxygens (including phenoxy) is 2. The fraction of sp³-hybridized carbons (Fsp3) is 0.222. The molecule has 0 unspecified atom stereocenters. The summed E-state index contributed by atoms with van der Waals surface area (Å²) in [6.45, 7) is 0. The average molecular weight is 325 g/mol. The molecule has 24 heavy (non-hydrogen) atoms. The van der Waals surface area contributed by atoms with Crippen molar-refractivity contribution in [3.8, 4) is 11.5 Å². The number of hydrogen-bond donors (Lipinski definition) is 2. The van der Waals surface area contributed by atoms with E-state index in [1.165, 1.54) is 0 Å². The number of amides is 1. The number of benzene rings is 2. The van der Waals surface area contributed by atoms with Crippen LogP contribution in [-0.2, 0) is 11.2 Å². The summed E-state index contributed by atoms with van der Waals surface area (Å²) < 4.78 is 10.4.